The second kappa shape index (κ2) is 15.5. The summed E-state index contributed by atoms with van der Waals surface area (Å²) >= 11 is 0. The van der Waals surface area contributed by atoms with Gasteiger partial charge in [0.05, 0.1) is 27.4 Å². The topological polar surface area (TPSA) is 134 Å². The third-order valence-electron chi connectivity index (χ3n) is 15.4. The highest BCUT2D eigenvalue weighted by Gasteiger charge is 2.80. The third kappa shape index (κ3) is 5.94. The predicted octanol–water partition coefficient (Wildman–Crippen LogP) is 6.50. The lowest BCUT2D eigenvalue weighted by Gasteiger charge is -2.63. The number of aliphatic hydroxyl groups is 1. The molecule has 1 saturated heterocycles. The molecule has 12 nitrogen and oxygen atoms in total. The number of fused-ring (bicyclic) bond motifs is 4. The number of nitrogens with one attached hydrogen (secondary N) is 1. The second-order valence-corrected chi connectivity index (χ2v) is 18.2. The summed E-state index contributed by atoms with van der Waals surface area (Å²) in [6.07, 6.45) is 5.86. The average molecular weight is 859 g/mol. The van der Waals surface area contributed by atoms with Gasteiger partial charge in [-0.2, -0.15) is 0 Å². The van der Waals surface area contributed by atoms with E-state index in [9.17, 15) is 14.7 Å². The fraction of sp³-hybridized carbons (Fsp3) is 0.562. The molecule has 1 aliphatic carbocycles. The van der Waals surface area contributed by atoms with Crippen molar-refractivity contribution in [2.45, 2.75) is 107 Å². The zero-order valence-corrected chi connectivity index (χ0v) is 37.1. The third-order valence-corrected chi connectivity index (χ3v) is 15.4. The number of hydrogen-bond donors (Lipinski definition) is 2. The second-order valence-electron chi connectivity index (χ2n) is 18.2. The van der Waals surface area contributed by atoms with Gasteiger partial charge in [-0.25, -0.2) is 13.6 Å². The maximum atomic E-state index is 15.5. The van der Waals surface area contributed by atoms with Crippen molar-refractivity contribution in [2.24, 2.45) is 11.3 Å². The first-order valence-corrected chi connectivity index (χ1v) is 21.8. The van der Waals surface area contributed by atoms with Crippen molar-refractivity contribution >= 4 is 40.6 Å². The maximum absolute atomic E-state index is 15.5. The molecule has 0 radical (unpaired) electrons. The lowest BCUT2D eigenvalue weighted by atomic mass is 9.47. The summed E-state index contributed by atoms with van der Waals surface area (Å²) in [5, 5.41) is 14.2. The van der Waals surface area contributed by atoms with E-state index in [1.807, 2.05) is 73.2 Å². The van der Waals surface area contributed by atoms with Crippen molar-refractivity contribution in [3.8, 4) is 5.75 Å². The van der Waals surface area contributed by atoms with Crippen LogP contribution in [0.4, 0.5) is 14.5 Å². The number of halogens is 2. The molecule has 5 aliphatic rings. The summed E-state index contributed by atoms with van der Waals surface area (Å²) in [6, 6.07) is 8.37. The quantitative estimate of drug-likeness (QED) is 0.139. The molecule has 2 fully saturated rings. The smallest absolute Gasteiger partial charge is 0.344 e. The molecule has 0 amide bonds. The zero-order valence-electron chi connectivity index (χ0n) is 37.1. The van der Waals surface area contributed by atoms with Crippen molar-refractivity contribution in [1.82, 2.24) is 14.8 Å². The molecule has 2 N–H and O–H groups in total. The number of aromatic amines is 1. The highest BCUT2D eigenvalue weighted by Crippen LogP contribution is 2.68. The molecule has 3 aromatic rings. The number of ether oxygens (including phenoxy) is 4. The van der Waals surface area contributed by atoms with Crippen molar-refractivity contribution in [3.63, 3.8) is 0 Å². The van der Waals surface area contributed by atoms with Gasteiger partial charge in [0.1, 0.15) is 11.2 Å². The Kier molecular flexibility index (Phi) is 10.9. The van der Waals surface area contributed by atoms with Crippen LogP contribution in [0.15, 0.2) is 49.1 Å². The van der Waals surface area contributed by atoms with E-state index in [4.69, 9.17) is 18.9 Å². The predicted molar refractivity (Wildman–Crippen MR) is 231 cm³/mol. The molecule has 14 heteroatoms. The lowest BCUT2D eigenvalue weighted by molar-refractivity contribution is -0.228. The van der Waals surface area contributed by atoms with E-state index in [1.165, 1.54) is 28.3 Å². The SMILES string of the molecule is C=Cc1ccc2[nH]c3c(c2c1)CN(CC)CC(C(C)(F)F)CCC[C@]3(C(=O)OC)c1cc2c(cc1OC)N(C)[C@H]1[C@@](O)(C(=O)OC)[C@H](OC(C)=O)[C@]3(CC)C=CCN4CC[C@]21[C@@H]43. The number of anilines is 1. The van der Waals surface area contributed by atoms with Gasteiger partial charge in [0.25, 0.3) is 0 Å². The number of rotatable bonds is 9. The first-order chi connectivity index (χ1) is 29.5. The molecule has 1 spiro atoms. The molecule has 8 atom stereocenters. The molecule has 8 rings (SSSR count). The Hall–Kier alpha value is -4.79. The minimum Gasteiger partial charge on any atom is -0.496 e. The number of H-pyrrole nitrogens is 1. The molecule has 2 aromatic carbocycles. The number of esters is 3. The van der Waals surface area contributed by atoms with Gasteiger partial charge in [-0.15, -0.1) is 0 Å². The molecule has 1 saturated carbocycles. The van der Waals surface area contributed by atoms with Crippen molar-refractivity contribution in [3.05, 3.63) is 77.0 Å². The summed E-state index contributed by atoms with van der Waals surface area (Å²) in [6.45, 7) is 12.3. The van der Waals surface area contributed by atoms with E-state index < -0.39 is 63.7 Å². The molecular weight excluding hydrogens is 799 g/mol. The van der Waals surface area contributed by atoms with E-state index in [0.29, 0.717) is 55.2 Å². The average Bonchev–Trinajstić information content (AvgIpc) is 3.91. The highest BCUT2D eigenvalue weighted by atomic mass is 19.3. The van der Waals surface area contributed by atoms with E-state index in [2.05, 4.69) is 16.5 Å². The van der Waals surface area contributed by atoms with Crippen LogP contribution < -0.4 is 9.64 Å². The molecule has 334 valence electrons. The van der Waals surface area contributed by atoms with Gasteiger partial charge < -0.3 is 33.9 Å². The van der Waals surface area contributed by atoms with Gasteiger partial charge in [-0.05, 0) is 80.6 Å². The molecule has 4 aliphatic heterocycles. The Morgan fingerprint density at radius 3 is 2.42 bits per heavy atom. The number of nitrogens with zero attached hydrogens (tertiary/aromatic N) is 3. The van der Waals surface area contributed by atoms with Crippen LogP contribution >= 0.6 is 0 Å². The minimum absolute atomic E-state index is 0.103. The number of carbonyl (C=O) groups is 3. The summed E-state index contributed by atoms with van der Waals surface area (Å²) in [7, 11) is 5.90. The van der Waals surface area contributed by atoms with Gasteiger partial charge in [-0.1, -0.05) is 51.1 Å². The first kappa shape index (κ1) is 43.8. The van der Waals surface area contributed by atoms with Crippen LogP contribution in [0.25, 0.3) is 17.0 Å². The fourth-order valence-corrected chi connectivity index (χ4v) is 12.9. The fourth-order valence-electron chi connectivity index (χ4n) is 12.9. The molecular formula is C48H60F2N4O8. The van der Waals surface area contributed by atoms with E-state index in [-0.39, 0.29) is 38.4 Å². The highest BCUT2D eigenvalue weighted by molar-refractivity contribution is 5.95. The maximum Gasteiger partial charge on any atom is 0.344 e. The van der Waals surface area contributed by atoms with Gasteiger partial charge in [0, 0.05) is 90.3 Å². The number of alkyl halides is 2. The number of carbonyl (C=O) groups excluding carboxylic acids is 3. The normalized spacial score (nSPS) is 32.0. The van der Waals surface area contributed by atoms with Crippen LogP contribution in [0.2, 0.25) is 0 Å². The van der Waals surface area contributed by atoms with E-state index in [0.717, 1.165) is 34.5 Å². The van der Waals surface area contributed by atoms with Crippen molar-refractivity contribution in [2.75, 3.05) is 59.5 Å². The molecule has 1 unspecified atom stereocenters. The lowest BCUT2D eigenvalue weighted by Crippen LogP contribution is -2.81. The number of benzene rings is 2. The van der Waals surface area contributed by atoms with Crippen LogP contribution in [0.5, 0.6) is 5.75 Å². The molecule has 5 heterocycles. The Labute approximate surface area is 362 Å². The van der Waals surface area contributed by atoms with Crippen molar-refractivity contribution in [1.29, 1.82) is 0 Å². The Morgan fingerprint density at radius 2 is 1.79 bits per heavy atom. The number of hydrogen-bond acceptors (Lipinski definition) is 11. The standard InChI is InChI=1S/C48H60F2N4O8/c1-10-29-16-17-35-31(23-29)32-27-53(12-3)26-30(44(5,49)50)15-13-19-46(38(32)51-35,42(56)60-8)34-24-33-36(25-37(34)59-7)52(6)40-47(33)20-22-54-21-14-18-45(11-2,39(47)54)41(62-28(4)55)48(40,58)43(57)61-9/h10,14,16-18,23-25,30,39-41,51,58H,1,11-13,15,19-22,26-27H2,2-9H3/t30?,39-,40+,41+,45+,46-,47+,48-/m0/s1. The van der Waals surface area contributed by atoms with Crippen molar-refractivity contribution < 1.29 is 47.2 Å². The van der Waals surface area contributed by atoms with Crippen LogP contribution in [0.1, 0.15) is 87.7 Å². The number of aromatic nitrogens is 1. The monoisotopic (exact) mass is 858 g/mol. The summed E-state index contributed by atoms with van der Waals surface area (Å²) < 4.78 is 54.8. The molecule has 0 bridgehead atoms. The number of methoxy groups -OCH3 is 3. The molecule has 1 aromatic heterocycles. The van der Waals surface area contributed by atoms with Gasteiger partial charge in [0.15, 0.2) is 6.10 Å². The summed E-state index contributed by atoms with van der Waals surface area (Å²) in [5.74, 6) is -5.78. The van der Waals surface area contributed by atoms with Gasteiger partial charge >= 0.3 is 17.9 Å². The Morgan fingerprint density at radius 1 is 1.05 bits per heavy atom. The van der Waals surface area contributed by atoms with Crippen LogP contribution in [-0.4, -0.2) is 122 Å². The van der Waals surface area contributed by atoms with Crippen LogP contribution in [-0.2, 0) is 46.0 Å². The van der Waals surface area contributed by atoms with Gasteiger partial charge in [-0.3, -0.25) is 19.4 Å². The summed E-state index contributed by atoms with van der Waals surface area (Å²) in [4.78, 5) is 52.6. The van der Waals surface area contributed by atoms with Crippen LogP contribution in [0, 0.1) is 11.3 Å². The summed E-state index contributed by atoms with van der Waals surface area (Å²) in [5.41, 5.74) is -1.10. The Balaban J connectivity index is 1.47. The Bertz CT molecular complexity index is 2340. The zero-order chi connectivity index (χ0) is 44.7. The largest absolute Gasteiger partial charge is 0.496 e. The van der Waals surface area contributed by atoms with E-state index >= 15 is 13.6 Å². The number of likely N-dealkylation sites (N-methyl/N-ethyl adjacent to an activating group) is 1. The van der Waals surface area contributed by atoms with Crippen LogP contribution in [0.3, 0.4) is 0 Å². The van der Waals surface area contributed by atoms with E-state index in [1.54, 1.807) is 6.08 Å². The van der Waals surface area contributed by atoms with Gasteiger partial charge in [0.2, 0.25) is 11.5 Å². The first-order valence-electron chi connectivity index (χ1n) is 21.8. The minimum atomic E-state index is -2.99. The molecule has 62 heavy (non-hydrogen) atoms.